The summed E-state index contributed by atoms with van der Waals surface area (Å²) in [5.41, 5.74) is 1.42. The minimum Gasteiger partial charge on any atom is -0.493 e. The Morgan fingerprint density at radius 3 is 2.33 bits per heavy atom. The smallest absolute Gasteiger partial charge is 0.242 e. The summed E-state index contributed by atoms with van der Waals surface area (Å²) >= 11 is 1.55. The van der Waals surface area contributed by atoms with Crippen molar-refractivity contribution in [1.82, 2.24) is 4.72 Å². The third-order valence-corrected chi connectivity index (χ3v) is 7.09. The van der Waals surface area contributed by atoms with Gasteiger partial charge >= 0.3 is 0 Å². The molecule has 0 saturated heterocycles. The van der Waals surface area contributed by atoms with E-state index in [1.54, 1.807) is 17.8 Å². The third kappa shape index (κ3) is 6.50. The van der Waals surface area contributed by atoms with Crippen molar-refractivity contribution >= 4 is 33.4 Å². The Hall–Kier alpha value is -3.01. The number of carbonyl (C=O) groups is 1. The standard InChI is InChI=1S/C24H26N2O5S2/c1-30-22-13-12-20(16-23(22)31-2)33(28,29)26-21(14-17-8-5-4-6-9-17)24(27)25-18-10-7-11-19(15-18)32-3/h4-13,15-16,21,26H,14H2,1-3H3,(H,25,27). The average Bonchev–Trinajstić information content (AvgIpc) is 2.83. The van der Waals surface area contributed by atoms with Crippen LogP contribution in [0.4, 0.5) is 5.69 Å². The van der Waals surface area contributed by atoms with Gasteiger partial charge in [0.15, 0.2) is 11.5 Å². The Labute approximate surface area is 198 Å². The molecule has 0 aliphatic rings. The number of rotatable bonds is 10. The monoisotopic (exact) mass is 486 g/mol. The molecule has 0 heterocycles. The molecule has 0 aromatic heterocycles. The molecule has 3 aromatic rings. The van der Waals surface area contributed by atoms with Crippen LogP contribution in [0.2, 0.25) is 0 Å². The Balaban J connectivity index is 1.89. The number of carbonyl (C=O) groups excluding carboxylic acids is 1. The van der Waals surface area contributed by atoms with E-state index in [2.05, 4.69) is 10.0 Å². The van der Waals surface area contributed by atoms with Gasteiger partial charge in [-0.1, -0.05) is 36.4 Å². The largest absolute Gasteiger partial charge is 0.493 e. The summed E-state index contributed by atoms with van der Waals surface area (Å²) in [6.07, 6.45) is 2.12. The maximum atomic E-state index is 13.2. The summed E-state index contributed by atoms with van der Waals surface area (Å²) in [6.45, 7) is 0. The van der Waals surface area contributed by atoms with E-state index in [0.717, 1.165) is 10.5 Å². The highest BCUT2D eigenvalue weighted by Gasteiger charge is 2.27. The average molecular weight is 487 g/mol. The SMILES string of the molecule is COc1ccc(S(=O)(=O)NC(Cc2ccccc2)C(=O)Nc2cccc(SC)c2)cc1OC. The van der Waals surface area contributed by atoms with Crippen LogP contribution >= 0.6 is 11.8 Å². The number of anilines is 1. The minimum atomic E-state index is -4.04. The molecule has 0 radical (unpaired) electrons. The van der Waals surface area contributed by atoms with Gasteiger partial charge in [0.05, 0.1) is 19.1 Å². The zero-order valence-corrected chi connectivity index (χ0v) is 20.2. The Morgan fingerprint density at radius 1 is 0.939 bits per heavy atom. The van der Waals surface area contributed by atoms with Crippen molar-refractivity contribution in [2.24, 2.45) is 0 Å². The van der Waals surface area contributed by atoms with E-state index in [1.807, 2.05) is 54.8 Å². The molecule has 3 rings (SSSR count). The maximum Gasteiger partial charge on any atom is 0.242 e. The van der Waals surface area contributed by atoms with Gasteiger partial charge < -0.3 is 14.8 Å². The van der Waals surface area contributed by atoms with Crippen molar-refractivity contribution < 1.29 is 22.7 Å². The highest BCUT2D eigenvalue weighted by Crippen LogP contribution is 2.29. The van der Waals surface area contributed by atoms with Crippen LogP contribution in [0.15, 0.2) is 82.6 Å². The predicted octanol–water partition coefficient (Wildman–Crippen LogP) is 3.95. The fourth-order valence-electron chi connectivity index (χ4n) is 3.21. The first-order valence-corrected chi connectivity index (χ1v) is 12.8. The summed E-state index contributed by atoms with van der Waals surface area (Å²) in [5, 5.41) is 2.83. The molecule has 0 saturated carbocycles. The van der Waals surface area contributed by atoms with Crippen LogP contribution in [0.1, 0.15) is 5.56 Å². The van der Waals surface area contributed by atoms with Crippen molar-refractivity contribution in [2.45, 2.75) is 22.3 Å². The van der Waals surface area contributed by atoms with Crippen molar-refractivity contribution in [3.05, 3.63) is 78.4 Å². The first-order valence-electron chi connectivity index (χ1n) is 10.1. The molecule has 1 amide bonds. The Kier molecular flexibility index (Phi) is 8.37. The van der Waals surface area contributed by atoms with E-state index in [4.69, 9.17) is 9.47 Å². The van der Waals surface area contributed by atoms with E-state index in [-0.39, 0.29) is 17.1 Å². The number of hydrogen-bond acceptors (Lipinski definition) is 6. The maximum absolute atomic E-state index is 13.2. The lowest BCUT2D eigenvalue weighted by Gasteiger charge is -2.19. The molecule has 9 heteroatoms. The number of nitrogens with one attached hydrogen (secondary N) is 2. The quantitative estimate of drug-likeness (QED) is 0.422. The van der Waals surface area contributed by atoms with Gasteiger partial charge in [0.25, 0.3) is 0 Å². The molecule has 174 valence electrons. The van der Waals surface area contributed by atoms with Gasteiger partial charge in [0, 0.05) is 16.6 Å². The second-order valence-electron chi connectivity index (χ2n) is 7.10. The second-order valence-corrected chi connectivity index (χ2v) is 9.70. The van der Waals surface area contributed by atoms with E-state index in [9.17, 15) is 13.2 Å². The molecule has 0 spiro atoms. The minimum absolute atomic E-state index is 0.0320. The summed E-state index contributed by atoms with van der Waals surface area (Å²) in [4.78, 5) is 14.1. The molecule has 7 nitrogen and oxygen atoms in total. The molecule has 2 N–H and O–H groups in total. The number of ether oxygens (including phenoxy) is 2. The lowest BCUT2D eigenvalue weighted by atomic mass is 10.1. The molecular formula is C24H26N2O5S2. The van der Waals surface area contributed by atoms with Gasteiger partial charge in [-0.25, -0.2) is 8.42 Å². The zero-order valence-electron chi connectivity index (χ0n) is 18.6. The van der Waals surface area contributed by atoms with Crippen LogP contribution in [0, 0.1) is 0 Å². The van der Waals surface area contributed by atoms with Gasteiger partial charge in [0.1, 0.15) is 6.04 Å². The number of hydrogen-bond donors (Lipinski definition) is 2. The van der Waals surface area contributed by atoms with Crippen LogP contribution in [0.5, 0.6) is 11.5 Å². The van der Waals surface area contributed by atoms with Crippen LogP contribution in [0.3, 0.4) is 0 Å². The van der Waals surface area contributed by atoms with Gasteiger partial charge in [-0.3, -0.25) is 4.79 Å². The first-order chi connectivity index (χ1) is 15.9. The van der Waals surface area contributed by atoms with Crippen molar-refractivity contribution in [2.75, 3.05) is 25.8 Å². The third-order valence-electron chi connectivity index (χ3n) is 4.90. The predicted molar refractivity (Wildman–Crippen MR) is 131 cm³/mol. The summed E-state index contributed by atoms with van der Waals surface area (Å²) < 4.78 is 39.3. The normalized spacial score (nSPS) is 12.1. The Morgan fingerprint density at radius 2 is 1.67 bits per heavy atom. The molecule has 1 atom stereocenters. The lowest BCUT2D eigenvalue weighted by molar-refractivity contribution is -0.117. The highest BCUT2D eigenvalue weighted by molar-refractivity contribution is 7.98. The van der Waals surface area contributed by atoms with Gasteiger partial charge in [-0.05, 0) is 48.6 Å². The topological polar surface area (TPSA) is 93.7 Å². The van der Waals surface area contributed by atoms with Crippen LogP contribution in [-0.2, 0) is 21.2 Å². The van der Waals surface area contributed by atoms with E-state index in [0.29, 0.717) is 11.4 Å². The van der Waals surface area contributed by atoms with E-state index in [1.165, 1.54) is 32.4 Å². The van der Waals surface area contributed by atoms with Crippen LogP contribution in [0.25, 0.3) is 0 Å². The fourth-order valence-corrected chi connectivity index (χ4v) is 4.88. The summed E-state index contributed by atoms with van der Waals surface area (Å²) in [5.74, 6) is 0.225. The molecule has 33 heavy (non-hydrogen) atoms. The van der Waals surface area contributed by atoms with Gasteiger partial charge in [-0.15, -0.1) is 11.8 Å². The van der Waals surface area contributed by atoms with Gasteiger partial charge in [0.2, 0.25) is 15.9 Å². The van der Waals surface area contributed by atoms with E-state index < -0.39 is 22.0 Å². The lowest BCUT2D eigenvalue weighted by Crippen LogP contribution is -2.45. The van der Waals surface area contributed by atoms with Gasteiger partial charge in [-0.2, -0.15) is 4.72 Å². The molecule has 3 aromatic carbocycles. The molecule has 0 fully saturated rings. The van der Waals surface area contributed by atoms with Crippen LogP contribution in [-0.4, -0.2) is 40.8 Å². The number of sulfonamides is 1. The summed E-state index contributed by atoms with van der Waals surface area (Å²) in [6, 6.07) is 19.8. The highest BCUT2D eigenvalue weighted by atomic mass is 32.2. The molecule has 0 aliphatic heterocycles. The number of benzene rings is 3. The summed E-state index contributed by atoms with van der Waals surface area (Å²) in [7, 11) is -1.14. The van der Waals surface area contributed by atoms with Crippen molar-refractivity contribution in [3.8, 4) is 11.5 Å². The number of amides is 1. The van der Waals surface area contributed by atoms with E-state index >= 15 is 0 Å². The molecule has 0 aliphatic carbocycles. The fraction of sp³-hybridized carbons (Fsp3) is 0.208. The molecule has 1 unspecified atom stereocenters. The molecular weight excluding hydrogens is 460 g/mol. The molecule has 0 bridgehead atoms. The zero-order chi connectivity index (χ0) is 23.8. The number of thioether (sulfide) groups is 1. The first kappa shape index (κ1) is 24.6. The second kappa shape index (κ2) is 11.2. The van der Waals surface area contributed by atoms with Crippen LogP contribution < -0.4 is 19.5 Å². The van der Waals surface area contributed by atoms with Crippen molar-refractivity contribution in [3.63, 3.8) is 0 Å². The number of methoxy groups -OCH3 is 2. The Bertz CT molecular complexity index is 1200. The van der Waals surface area contributed by atoms with Crippen molar-refractivity contribution in [1.29, 1.82) is 0 Å².